The Morgan fingerprint density at radius 3 is 2.68 bits per heavy atom. The topological polar surface area (TPSA) is 67.6 Å². The van der Waals surface area contributed by atoms with Crippen LogP contribution in [0.5, 0.6) is 0 Å². The normalized spacial score (nSPS) is 15.1. The van der Waals surface area contributed by atoms with Gasteiger partial charge in [0.15, 0.2) is 5.58 Å². The van der Waals surface area contributed by atoms with E-state index < -0.39 is 0 Å². The number of thioether (sulfide) groups is 1. The highest BCUT2D eigenvalue weighted by Gasteiger charge is 2.18. The molecule has 0 aliphatic carbocycles. The number of amides is 1. The van der Waals surface area contributed by atoms with Crippen LogP contribution in [0.1, 0.15) is 12.8 Å². The number of fused-ring (bicyclic) bond motifs is 1. The largest absolute Gasteiger partial charge is 0.431 e. The van der Waals surface area contributed by atoms with E-state index in [4.69, 9.17) is 9.15 Å². The molecule has 1 aliphatic heterocycles. The summed E-state index contributed by atoms with van der Waals surface area (Å²) in [6.07, 6.45) is 2.46. The molecule has 0 saturated carbocycles. The fourth-order valence-electron chi connectivity index (χ4n) is 3.34. The monoisotopic (exact) mass is 397 g/mol. The molecule has 1 saturated heterocycles. The minimum Gasteiger partial charge on any atom is -0.431 e. The van der Waals surface area contributed by atoms with Crippen molar-refractivity contribution in [2.75, 3.05) is 36.2 Å². The highest BCUT2D eigenvalue weighted by molar-refractivity contribution is 7.99. The van der Waals surface area contributed by atoms with Crippen molar-refractivity contribution in [1.29, 1.82) is 0 Å². The van der Waals surface area contributed by atoms with Gasteiger partial charge in [0, 0.05) is 31.6 Å². The first-order chi connectivity index (χ1) is 13.7. The summed E-state index contributed by atoms with van der Waals surface area (Å²) in [4.78, 5) is 19.0. The second-order valence-electron chi connectivity index (χ2n) is 6.75. The van der Waals surface area contributed by atoms with Crippen molar-refractivity contribution in [2.45, 2.75) is 24.2 Å². The Kier molecular flexibility index (Phi) is 5.83. The molecule has 4 rings (SSSR count). The maximum absolute atomic E-state index is 12.2. The predicted octanol–water partition coefficient (Wildman–Crippen LogP) is 4.17. The van der Waals surface area contributed by atoms with Crippen LogP contribution in [-0.2, 0) is 9.53 Å². The van der Waals surface area contributed by atoms with Crippen LogP contribution >= 0.6 is 11.8 Å². The number of nitrogens with one attached hydrogen (secondary N) is 1. The fourth-order valence-corrected chi connectivity index (χ4v) is 3.98. The lowest BCUT2D eigenvalue weighted by Crippen LogP contribution is -2.36. The Morgan fingerprint density at radius 2 is 1.96 bits per heavy atom. The maximum Gasteiger partial charge on any atom is 0.257 e. The molecular weight excluding hydrogens is 374 g/mol. The van der Waals surface area contributed by atoms with Gasteiger partial charge in [-0.1, -0.05) is 23.9 Å². The number of carbonyl (C=O) groups is 1. The summed E-state index contributed by atoms with van der Waals surface area (Å²) in [5.74, 6) is 0.167. The number of nitrogens with zero attached hydrogens (tertiary/aromatic N) is 2. The van der Waals surface area contributed by atoms with Gasteiger partial charge in [-0.3, -0.25) is 4.79 Å². The summed E-state index contributed by atoms with van der Waals surface area (Å²) in [5.41, 5.74) is 3.50. The van der Waals surface area contributed by atoms with Crippen molar-refractivity contribution < 1.29 is 13.9 Å². The highest BCUT2D eigenvalue weighted by Crippen LogP contribution is 2.25. The Labute approximate surface area is 168 Å². The van der Waals surface area contributed by atoms with Gasteiger partial charge in [0.25, 0.3) is 5.22 Å². The van der Waals surface area contributed by atoms with Gasteiger partial charge in [-0.25, -0.2) is 4.98 Å². The van der Waals surface area contributed by atoms with E-state index in [0.29, 0.717) is 11.3 Å². The van der Waals surface area contributed by atoms with Gasteiger partial charge in [-0.05, 0) is 49.2 Å². The Hall–Kier alpha value is -2.51. The first kappa shape index (κ1) is 18.8. The lowest BCUT2D eigenvalue weighted by Gasteiger charge is -2.33. The number of methoxy groups -OCH3 is 1. The van der Waals surface area contributed by atoms with Crippen molar-refractivity contribution in [2.24, 2.45) is 0 Å². The number of piperidine rings is 1. The molecule has 3 aromatic rings. The summed E-state index contributed by atoms with van der Waals surface area (Å²) < 4.78 is 11.0. The van der Waals surface area contributed by atoms with Crippen molar-refractivity contribution >= 4 is 40.1 Å². The van der Waals surface area contributed by atoms with E-state index in [0.717, 1.165) is 42.7 Å². The van der Waals surface area contributed by atoms with Crippen LogP contribution in [0.25, 0.3) is 11.1 Å². The number of carbonyl (C=O) groups excluding carboxylic acids is 1. The van der Waals surface area contributed by atoms with Crippen molar-refractivity contribution in [3.05, 3.63) is 48.5 Å². The molecule has 0 unspecified atom stereocenters. The summed E-state index contributed by atoms with van der Waals surface area (Å²) in [6.45, 7) is 1.98. The third-order valence-corrected chi connectivity index (χ3v) is 5.72. The second-order valence-corrected chi connectivity index (χ2v) is 7.68. The van der Waals surface area contributed by atoms with E-state index in [2.05, 4.69) is 27.3 Å². The van der Waals surface area contributed by atoms with E-state index in [1.54, 1.807) is 7.11 Å². The average Bonchev–Trinajstić information content (AvgIpc) is 3.16. The lowest BCUT2D eigenvalue weighted by molar-refractivity contribution is -0.113. The number of oxazole rings is 1. The number of hydrogen-bond acceptors (Lipinski definition) is 6. The molecule has 146 valence electrons. The van der Waals surface area contributed by atoms with E-state index >= 15 is 0 Å². The molecule has 2 heterocycles. The van der Waals surface area contributed by atoms with Crippen LogP contribution in [0.2, 0.25) is 0 Å². The van der Waals surface area contributed by atoms with Crippen LogP contribution in [0, 0.1) is 0 Å². The van der Waals surface area contributed by atoms with Crippen LogP contribution in [0.4, 0.5) is 11.4 Å². The zero-order valence-corrected chi connectivity index (χ0v) is 16.6. The average molecular weight is 398 g/mol. The van der Waals surface area contributed by atoms with Crippen LogP contribution in [-0.4, -0.2) is 42.9 Å². The molecule has 6 nitrogen and oxygen atoms in total. The Morgan fingerprint density at radius 1 is 1.21 bits per heavy atom. The van der Waals surface area contributed by atoms with Gasteiger partial charge >= 0.3 is 0 Å². The molecule has 0 atom stereocenters. The van der Waals surface area contributed by atoms with Gasteiger partial charge < -0.3 is 19.4 Å². The van der Waals surface area contributed by atoms with E-state index in [-0.39, 0.29) is 11.7 Å². The first-order valence-electron chi connectivity index (χ1n) is 9.37. The standard InChI is InChI=1S/C21H23N3O3S/c1-26-17-10-12-24(13-11-17)16-8-6-15(7-9-16)22-20(25)14-28-21-23-18-4-2-3-5-19(18)27-21/h2-9,17H,10-14H2,1H3,(H,22,25). The number of anilines is 2. The third kappa shape index (κ3) is 4.48. The summed E-state index contributed by atoms with van der Waals surface area (Å²) in [7, 11) is 1.78. The van der Waals surface area contributed by atoms with E-state index in [1.807, 2.05) is 36.4 Å². The van der Waals surface area contributed by atoms with Crippen molar-refractivity contribution in [3.63, 3.8) is 0 Å². The molecule has 2 aromatic carbocycles. The smallest absolute Gasteiger partial charge is 0.257 e. The maximum atomic E-state index is 12.2. The molecule has 1 amide bonds. The number of benzene rings is 2. The molecule has 0 bridgehead atoms. The molecule has 1 aliphatic rings. The molecule has 1 N–H and O–H groups in total. The van der Waals surface area contributed by atoms with Crippen LogP contribution < -0.4 is 10.2 Å². The minimum absolute atomic E-state index is 0.0825. The molecule has 1 fully saturated rings. The molecule has 28 heavy (non-hydrogen) atoms. The summed E-state index contributed by atoms with van der Waals surface area (Å²) >= 11 is 1.29. The van der Waals surface area contributed by atoms with Gasteiger partial charge in [0.1, 0.15) is 5.52 Å². The van der Waals surface area contributed by atoms with Gasteiger partial charge in [-0.15, -0.1) is 0 Å². The predicted molar refractivity (Wildman–Crippen MR) is 112 cm³/mol. The van der Waals surface area contributed by atoms with Gasteiger partial charge in [-0.2, -0.15) is 0 Å². The highest BCUT2D eigenvalue weighted by atomic mass is 32.2. The third-order valence-electron chi connectivity index (χ3n) is 4.89. The second kappa shape index (κ2) is 8.67. The molecule has 7 heteroatoms. The Bertz CT molecular complexity index is 900. The summed E-state index contributed by atoms with van der Waals surface area (Å²) in [6, 6.07) is 15.6. The first-order valence-corrected chi connectivity index (χ1v) is 10.4. The zero-order valence-electron chi connectivity index (χ0n) is 15.8. The Balaban J connectivity index is 1.28. The van der Waals surface area contributed by atoms with Crippen LogP contribution in [0.3, 0.4) is 0 Å². The van der Waals surface area contributed by atoms with Crippen LogP contribution in [0.15, 0.2) is 58.2 Å². The number of rotatable bonds is 6. The molecule has 0 radical (unpaired) electrons. The quantitative estimate of drug-likeness (QED) is 0.630. The summed E-state index contributed by atoms with van der Waals surface area (Å²) in [5, 5.41) is 3.43. The lowest BCUT2D eigenvalue weighted by atomic mass is 10.1. The molecular formula is C21H23N3O3S. The molecule has 1 aromatic heterocycles. The van der Waals surface area contributed by atoms with Crippen molar-refractivity contribution in [3.8, 4) is 0 Å². The SMILES string of the molecule is COC1CCN(c2ccc(NC(=O)CSc3nc4ccccc4o3)cc2)CC1. The number of para-hydroxylation sites is 2. The zero-order chi connectivity index (χ0) is 19.3. The van der Waals surface area contributed by atoms with E-state index in [9.17, 15) is 4.79 Å². The van der Waals surface area contributed by atoms with Crippen molar-refractivity contribution in [1.82, 2.24) is 4.98 Å². The fraction of sp³-hybridized carbons (Fsp3) is 0.333. The number of hydrogen-bond donors (Lipinski definition) is 1. The minimum atomic E-state index is -0.0825. The number of aromatic nitrogens is 1. The van der Waals surface area contributed by atoms with Gasteiger partial charge in [0.2, 0.25) is 5.91 Å². The van der Waals surface area contributed by atoms with E-state index in [1.165, 1.54) is 17.4 Å². The van der Waals surface area contributed by atoms with Gasteiger partial charge in [0.05, 0.1) is 11.9 Å². The molecule has 0 spiro atoms. The number of ether oxygens (including phenoxy) is 1.